The first-order valence-corrected chi connectivity index (χ1v) is 9.43. The van der Waals surface area contributed by atoms with Crippen molar-refractivity contribution < 1.29 is 13.2 Å². The van der Waals surface area contributed by atoms with Gasteiger partial charge >= 0.3 is 0 Å². The molecule has 0 saturated carbocycles. The first-order valence-electron chi connectivity index (χ1n) is 7.88. The van der Waals surface area contributed by atoms with Crippen LogP contribution in [-0.2, 0) is 10.0 Å². The molecule has 6 heteroatoms. The molecule has 1 unspecified atom stereocenters. The molecule has 24 heavy (non-hydrogen) atoms. The number of primary sulfonamides is 1. The minimum Gasteiger partial charge on any atom is -0.495 e. The molecule has 3 N–H and O–H groups in total. The molecule has 2 rings (SSSR count). The van der Waals surface area contributed by atoms with Crippen molar-refractivity contribution in [3.05, 3.63) is 59.7 Å². The highest BCUT2D eigenvalue weighted by Gasteiger charge is 2.20. The first kappa shape index (κ1) is 18.4. The average Bonchev–Trinajstić information content (AvgIpc) is 2.59. The Bertz CT molecular complexity index is 776. The van der Waals surface area contributed by atoms with Crippen molar-refractivity contribution in [2.75, 3.05) is 7.11 Å². The van der Waals surface area contributed by atoms with Gasteiger partial charge in [-0.1, -0.05) is 43.3 Å². The number of nitrogens with one attached hydrogen (secondary N) is 1. The smallest absolute Gasteiger partial charge is 0.241 e. The molecule has 0 aliphatic heterocycles. The predicted octanol–water partition coefficient (Wildman–Crippen LogP) is 3.14. The Balaban J connectivity index is 2.31. The van der Waals surface area contributed by atoms with Crippen molar-refractivity contribution in [3.63, 3.8) is 0 Å². The standard InChI is InChI=1S/C18H24N2O3S/c1-4-16(20-13(2)14-8-6-5-7-9-14)15-10-11-17(23-3)18(12-15)24(19,21)22/h5-13,16,20H,4H2,1-3H3,(H2,19,21,22)/t13-,16?/m1/s1. The van der Waals surface area contributed by atoms with Crippen molar-refractivity contribution >= 4 is 10.0 Å². The molecule has 5 nitrogen and oxygen atoms in total. The molecular weight excluding hydrogens is 324 g/mol. The van der Waals surface area contributed by atoms with Crippen LogP contribution in [0.25, 0.3) is 0 Å². The van der Waals surface area contributed by atoms with Crippen LogP contribution in [0, 0.1) is 0 Å². The maximum atomic E-state index is 11.8. The minimum atomic E-state index is -3.84. The molecule has 0 amide bonds. The number of benzene rings is 2. The van der Waals surface area contributed by atoms with Crippen molar-refractivity contribution in [1.29, 1.82) is 0 Å². The number of rotatable bonds is 7. The van der Waals surface area contributed by atoms with E-state index in [2.05, 4.69) is 31.3 Å². The number of methoxy groups -OCH3 is 1. The fourth-order valence-corrected chi connectivity index (χ4v) is 3.45. The van der Waals surface area contributed by atoms with Crippen LogP contribution in [0.4, 0.5) is 0 Å². The van der Waals surface area contributed by atoms with Crippen LogP contribution in [0.5, 0.6) is 5.75 Å². The summed E-state index contributed by atoms with van der Waals surface area (Å²) in [4.78, 5) is 0.00936. The number of sulfonamides is 1. The van der Waals surface area contributed by atoms with Crippen LogP contribution < -0.4 is 15.2 Å². The van der Waals surface area contributed by atoms with Gasteiger partial charge in [0.25, 0.3) is 0 Å². The fourth-order valence-electron chi connectivity index (χ4n) is 2.72. The van der Waals surface area contributed by atoms with E-state index in [0.29, 0.717) is 0 Å². The van der Waals surface area contributed by atoms with Gasteiger partial charge in [-0.2, -0.15) is 0 Å². The van der Waals surface area contributed by atoms with Gasteiger partial charge in [-0.25, -0.2) is 13.6 Å². The van der Waals surface area contributed by atoms with Crippen LogP contribution in [0.3, 0.4) is 0 Å². The Kier molecular flexibility index (Phi) is 5.99. The molecule has 0 bridgehead atoms. The van der Waals surface area contributed by atoms with Crippen LogP contribution in [0.2, 0.25) is 0 Å². The van der Waals surface area contributed by atoms with Gasteiger partial charge in [0.15, 0.2) is 0 Å². The second kappa shape index (κ2) is 7.79. The van der Waals surface area contributed by atoms with E-state index in [9.17, 15) is 8.42 Å². The van der Waals surface area contributed by atoms with E-state index in [1.54, 1.807) is 12.1 Å². The summed E-state index contributed by atoms with van der Waals surface area (Å²) in [5, 5.41) is 8.85. The summed E-state index contributed by atoms with van der Waals surface area (Å²) in [6.45, 7) is 4.14. The Morgan fingerprint density at radius 2 is 1.79 bits per heavy atom. The minimum absolute atomic E-state index is 0.00612. The number of nitrogens with two attached hydrogens (primary N) is 1. The van der Waals surface area contributed by atoms with Gasteiger partial charge in [-0.3, -0.25) is 0 Å². The van der Waals surface area contributed by atoms with Crippen molar-refractivity contribution in [3.8, 4) is 5.75 Å². The van der Waals surface area contributed by atoms with Crippen LogP contribution >= 0.6 is 0 Å². The quantitative estimate of drug-likeness (QED) is 0.805. The Labute approximate surface area is 143 Å². The van der Waals surface area contributed by atoms with Crippen molar-refractivity contribution in [2.45, 2.75) is 37.2 Å². The SMILES string of the molecule is CCC(N[C@H](C)c1ccccc1)c1ccc(OC)c(S(N)(=O)=O)c1. The van der Waals surface area contributed by atoms with Crippen LogP contribution in [0.1, 0.15) is 43.5 Å². The summed E-state index contributed by atoms with van der Waals surface area (Å²) >= 11 is 0. The maximum absolute atomic E-state index is 11.8. The highest BCUT2D eigenvalue weighted by molar-refractivity contribution is 7.89. The van der Waals surface area contributed by atoms with E-state index in [1.807, 2.05) is 24.3 Å². The lowest BCUT2D eigenvalue weighted by atomic mass is 10.0. The molecule has 2 aromatic rings. The molecule has 2 atom stereocenters. The van der Waals surface area contributed by atoms with Crippen molar-refractivity contribution in [1.82, 2.24) is 5.32 Å². The molecule has 2 aromatic carbocycles. The second-order valence-corrected chi connectivity index (χ2v) is 7.25. The molecule has 0 radical (unpaired) electrons. The molecule has 0 aliphatic carbocycles. The summed E-state index contributed by atoms with van der Waals surface area (Å²) in [5.41, 5.74) is 2.04. The molecule has 0 aromatic heterocycles. The van der Waals surface area contributed by atoms with E-state index in [0.717, 1.165) is 12.0 Å². The van der Waals surface area contributed by atoms with Crippen LogP contribution in [-0.4, -0.2) is 15.5 Å². The van der Waals surface area contributed by atoms with Crippen molar-refractivity contribution in [2.24, 2.45) is 5.14 Å². The lowest BCUT2D eigenvalue weighted by molar-refractivity contribution is 0.401. The summed E-state index contributed by atoms with van der Waals surface area (Å²) < 4.78 is 28.7. The van der Waals surface area contributed by atoms with E-state index in [-0.39, 0.29) is 22.7 Å². The third-order valence-corrected chi connectivity index (χ3v) is 4.99. The van der Waals surface area contributed by atoms with Gasteiger partial charge in [0.1, 0.15) is 10.6 Å². The molecule has 0 aliphatic rings. The van der Waals surface area contributed by atoms with E-state index < -0.39 is 10.0 Å². The van der Waals surface area contributed by atoms with Crippen LogP contribution in [0.15, 0.2) is 53.4 Å². The molecule has 0 spiro atoms. The van der Waals surface area contributed by atoms with Gasteiger partial charge in [-0.05, 0) is 36.6 Å². The summed E-state index contributed by atoms with van der Waals surface area (Å²) in [6, 6.07) is 15.4. The zero-order valence-electron chi connectivity index (χ0n) is 14.2. The number of ether oxygens (including phenoxy) is 1. The van der Waals surface area contributed by atoms with Gasteiger partial charge in [-0.15, -0.1) is 0 Å². The van der Waals surface area contributed by atoms with Gasteiger partial charge < -0.3 is 10.1 Å². The van der Waals surface area contributed by atoms with E-state index >= 15 is 0 Å². The average molecular weight is 348 g/mol. The largest absolute Gasteiger partial charge is 0.495 e. The number of hydrogen-bond donors (Lipinski definition) is 2. The van der Waals surface area contributed by atoms with Gasteiger partial charge in [0, 0.05) is 12.1 Å². The summed E-state index contributed by atoms with van der Waals surface area (Å²) in [7, 11) is -2.42. The maximum Gasteiger partial charge on any atom is 0.241 e. The third kappa shape index (κ3) is 4.35. The van der Waals surface area contributed by atoms with Gasteiger partial charge in [0.2, 0.25) is 10.0 Å². The second-order valence-electron chi connectivity index (χ2n) is 5.72. The Hall–Kier alpha value is -1.89. The molecule has 0 heterocycles. The summed E-state index contributed by atoms with van der Waals surface area (Å²) in [5.74, 6) is 0.257. The molecule has 130 valence electrons. The third-order valence-electron chi connectivity index (χ3n) is 4.06. The lowest BCUT2D eigenvalue weighted by Gasteiger charge is -2.24. The molecule has 0 fully saturated rings. The zero-order chi connectivity index (χ0) is 17.7. The lowest BCUT2D eigenvalue weighted by Crippen LogP contribution is -2.24. The first-order chi connectivity index (χ1) is 11.4. The normalized spacial score (nSPS) is 14.2. The zero-order valence-corrected chi connectivity index (χ0v) is 15.0. The fraction of sp³-hybridized carbons (Fsp3) is 0.333. The molecular formula is C18H24N2O3S. The number of hydrogen-bond acceptors (Lipinski definition) is 4. The Morgan fingerprint density at radius 1 is 1.12 bits per heavy atom. The summed E-state index contributed by atoms with van der Waals surface area (Å²) in [6.07, 6.45) is 0.813. The molecule has 0 saturated heterocycles. The highest BCUT2D eigenvalue weighted by atomic mass is 32.2. The predicted molar refractivity (Wildman–Crippen MR) is 95.4 cm³/mol. The van der Waals surface area contributed by atoms with E-state index in [4.69, 9.17) is 9.88 Å². The van der Waals surface area contributed by atoms with E-state index in [1.165, 1.54) is 12.7 Å². The topological polar surface area (TPSA) is 81.4 Å². The monoisotopic (exact) mass is 348 g/mol. The van der Waals surface area contributed by atoms with Gasteiger partial charge in [0.05, 0.1) is 7.11 Å². The Morgan fingerprint density at radius 3 is 2.33 bits per heavy atom. The highest BCUT2D eigenvalue weighted by Crippen LogP contribution is 2.29.